The van der Waals surface area contributed by atoms with Crippen molar-refractivity contribution in [1.82, 2.24) is 9.88 Å². The molecule has 28 heavy (non-hydrogen) atoms. The molecule has 0 aromatic carbocycles. The van der Waals surface area contributed by atoms with Crippen LogP contribution in [0.25, 0.3) is 0 Å². The summed E-state index contributed by atoms with van der Waals surface area (Å²) in [5, 5.41) is 3.37. The van der Waals surface area contributed by atoms with Crippen molar-refractivity contribution in [2.24, 2.45) is 0 Å². The summed E-state index contributed by atoms with van der Waals surface area (Å²) in [6, 6.07) is 4.31. The first-order chi connectivity index (χ1) is 13.5. The SMILES string of the molecule is COC1(CC(C)=O)CCN(C(=O)CCCCc2ccc3c(n2)NCCC3)CC1. The molecular weight excluding hydrogens is 354 g/mol. The number of aryl methyl sites for hydroxylation is 2. The van der Waals surface area contributed by atoms with Crippen molar-refractivity contribution in [3.8, 4) is 0 Å². The fraction of sp³-hybridized carbons (Fsp3) is 0.682. The zero-order valence-corrected chi connectivity index (χ0v) is 17.3. The molecule has 0 bridgehead atoms. The molecule has 2 aliphatic rings. The molecule has 154 valence electrons. The average Bonchev–Trinajstić information content (AvgIpc) is 2.71. The smallest absolute Gasteiger partial charge is 0.222 e. The van der Waals surface area contributed by atoms with Gasteiger partial charge in [0, 0.05) is 45.3 Å². The molecule has 1 amide bonds. The highest BCUT2D eigenvalue weighted by atomic mass is 16.5. The van der Waals surface area contributed by atoms with E-state index in [9.17, 15) is 9.59 Å². The number of amides is 1. The van der Waals surface area contributed by atoms with Crippen LogP contribution in [0.3, 0.4) is 0 Å². The summed E-state index contributed by atoms with van der Waals surface area (Å²) in [4.78, 5) is 30.7. The van der Waals surface area contributed by atoms with Crippen LogP contribution < -0.4 is 5.32 Å². The number of aromatic nitrogens is 1. The number of unbranched alkanes of at least 4 members (excludes halogenated alkanes) is 1. The summed E-state index contributed by atoms with van der Waals surface area (Å²) in [5.74, 6) is 1.40. The summed E-state index contributed by atoms with van der Waals surface area (Å²) in [6.07, 6.45) is 7.53. The summed E-state index contributed by atoms with van der Waals surface area (Å²) < 4.78 is 5.63. The Bertz CT molecular complexity index is 696. The van der Waals surface area contributed by atoms with Crippen LogP contribution in [0.5, 0.6) is 0 Å². The van der Waals surface area contributed by atoms with Gasteiger partial charge in [-0.25, -0.2) is 4.98 Å². The number of methoxy groups -OCH3 is 1. The second-order valence-electron chi connectivity index (χ2n) is 8.19. The third-order valence-electron chi connectivity index (χ3n) is 6.06. The third-order valence-corrected chi connectivity index (χ3v) is 6.06. The van der Waals surface area contributed by atoms with Crippen molar-refractivity contribution in [1.29, 1.82) is 0 Å². The van der Waals surface area contributed by atoms with E-state index in [0.717, 1.165) is 56.6 Å². The van der Waals surface area contributed by atoms with Crippen molar-refractivity contribution >= 4 is 17.5 Å². The summed E-state index contributed by atoms with van der Waals surface area (Å²) in [5.41, 5.74) is 2.04. The molecule has 0 atom stereocenters. The third kappa shape index (κ3) is 5.31. The predicted molar refractivity (Wildman–Crippen MR) is 109 cm³/mol. The molecule has 6 nitrogen and oxygen atoms in total. The topological polar surface area (TPSA) is 71.5 Å². The number of carbonyl (C=O) groups excluding carboxylic acids is 2. The van der Waals surface area contributed by atoms with E-state index in [1.54, 1.807) is 14.0 Å². The Kier molecular flexibility index (Phi) is 7.05. The van der Waals surface area contributed by atoms with E-state index in [1.165, 1.54) is 12.0 Å². The Labute approximate surface area is 168 Å². The molecule has 1 N–H and O–H groups in total. The van der Waals surface area contributed by atoms with Gasteiger partial charge < -0.3 is 15.0 Å². The van der Waals surface area contributed by atoms with Gasteiger partial charge in [0.15, 0.2) is 0 Å². The second-order valence-corrected chi connectivity index (χ2v) is 8.19. The first kappa shape index (κ1) is 20.8. The van der Waals surface area contributed by atoms with Crippen LogP contribution >= 0.6 is 0 Å². The first-order valence-corrected chi connectivity index (χ1v) is 10.6. The molecule has 3 rings (SSSR count). The lowest BCUT2D eigenvalue weighted by Gasteiger charge is -2.40. The van der Waals surface area contributed by atoms with Gasteiger partial charge in [0.2, 0.25) is 5.91 Å². The van der Waals surface area contributed by atoms with Crippen LogP contribution in [0.15, 0.2) is 12.1 Å². The molecular formula is C22H33N3O3. The molecule has 2 aliphatic heterocycles. The number of anilines is 1. The van der Waals surface area contributed by atoms with Crippen LogP contribution in [0.4, 0.5) is 5.82 Å². The number of carbonyl (C=O) groups is 2. The van der Waals surface area contributed by atoms with Crippen LogP contribution in [0, 0.1) is 0 Å². The summed E-state index contributed by atoms with van der Waals surface area (Å²) in [7, 11) is 1.67. The van der Waals surface area contributed by atoms with Gasteiger partial charge in [-0.2, -0.15) is 0 Å². The van der Waals surface area contributed by atoms with Gasteiger partial charge in [0.05, 0.1) is 5.60 Å². The first-order valence-electron chi connectivity index (χ1n) is 10.6. The summed E-state index contributed by atoms with van der Waals surface area (Å²) in [6.45, 7) is 3.96. The van der Waals surface area contributed by atoms with Crippen LogP contribution in [-0.4, -0.2) is 53.9 Å². The number of likely N-dealkylation sites (tertiary alicyclic amines) is 1. The minimum absolute atomic E-state index is 0.146. The van der Waals surface area contributed by atoms with Gasteiger partial charge in [0.25, 0.3) is 0 Å². The van der Waals surface area contributed by atoms with E-state index in [-0.39, 0.29) is 17.3 Å². The molecule has 1 fully saturated rings. The number of ether oxygens (including phenoxy) is 1. The number of rotatable bonds is 8. The molecule has 6 heteroatoms. The largest absolute Gasteiger partial charge is 0.378 e. The average molecular weight is 388 g/mol. The Hall–Kier alpha value is -1.95. The lowest BCUT2D eigenvalue weighted by atomic mass is 9.86. The molecule has 1 aromatic rings. The maximum Gasteiger partial charge on any atom is 0.222 e. The Morgan fingerprint density at radius 3 is 2.75 bits per heavy atom. The molecule has 3 heterocycles. The highest BCUT2D eigenvalue weighted by Crippen LogP contribution is 2.30. The predicted octanol–water partition coefficient (Wildman–Crippen LogP) is 3.14. The summed E-state index contributed by atoms with van der Waals surface area (Å²) >= 11 is 0. The van der Waals surface area contributed by atoms with Gasteiger partial charge in [0.1, 0.15) is 11.6 Å². The highest BCUT2D eigenvalue weighted by Gasteiger charge is 2.36. The minimum atomic E-state index is -0.380. The maximum atomic E-state index is 12.5. The normalized spacial score (nSPS) is 18.3. The van der Waals surface area contributed by atoms with Crippen molar-refractivity contribution in [2.45, 2.75) is 70.3 Å². The number of pyridine rings is 1. The van der Waals surface area contributed by atoms with Crippen molar-refractivity contribution < 1.29 is 14.3 Å². The zero-order valence-electron chi connectivity index (χ0n) is 17.3. The van der Waals surface area contributed by atoms with Gasteiger partial charge >= 0.3 is 0 Å². The number of hydrogen-bond acceptors (Lipinski definition) is 5. The van der Waals surface area contributed by atoms with Crippen LogP contribution in [-0.2, 0) is 27.2 Å². The van der Waals surface area contributed by atoms with Gasteiger partial charge in [-0.3, -0.25) is 9.59 Å². The monoisotopic (exact) mass is 387 g/mol. The van der Waals surface area contributed by atoms with E-state index in [0.29, 0.717) is 25.9 Å². The van der Waals surface area contributed by atoms with Crippen molar-refractivity contribution in [2.75, 3.05) is 32.1 Å². The number of nitrogens with zero attached hydrogens (tertiary/aromatic N) is 2. The highest BCUT2D eigenvalue weighted by molar-refractivity contribution is 5.77. The standard InChI is InChI=1S/C22H33N3O3/c1-17(26)16-22(28-2)11-14-25(15-12-22)20(27)8-4-3-7-19-10-9-18-6-5-13-23-21(18)24-19/h9-10H,3-8,11-16H2,1-2H3,(H,23,24). The van der Waals surface area contributed by atoms with E-state index in [2.05, 4.69) is 17.4 Å². The fourth-order valence-electron chi connectivity index (χ4n) is 4.32. The molecule has 0 spiro atoms. The molecule has 0 aliphatic carbocycles. The maximum absolute atomic E-state index is 12.5. The molecule has 0 radical (unpaired) electrons. The number of Topliss-reactive ketones (excluding diaryl/α,β-unsaturated/α-hetero) is 1. The Morgan fingerprint density at radius 1 is 1.25 bits per heavy atom. The van der Waals surface area contributed by atoms with Gasteiger partial charge in [-0.1, -0.05) is 6.07 Å². The van der Waals surface area contributed by atoms with Crippen molar-refractivity contribution in [3.63, 3.8) is 0 Å². The minimum Gasteiger partial charge on any atom is -0.378 e. The molecule has 0 unspecified atom stereocenters. The number of fused-ring (bicyclic) bond motifs is 1. The molecule has 1 aromatic heterocycles. The number of ketones is 1. The van der Waals surface area contributed by atoms with E-state index in [4.69, 9.17) is 9.72 Å². The number of piperidine rings is 1. The van der Waals surface area contributed by atoms with E-state index >= 15 is 0 Å². The van der Waals surface area contributed by atoms with Crippen molar-refractivity contribution in [3.05, 3.63) is 23.4 Å². The Balaban J connectivity index is 1.39. The van der Waals surface area contributed by atoms with Gasteiger partial charge in [-0.05, 0) is 63.5 Å². The Morgan fingerprint density at radius 2 is 2.04 bits per heavy atom. The zero-order chi connectivity index (χ0) is 20.0. The van der Waals surface area contributed by atoms with Crippen LogP contribution in [0.1, 0.15) is 63.1 Å². The fourth-order valence-corrected chi connectivity index (χ4v) is 4.32. The quantitative estimate of drug-likeness (QED) is 0.694. The lowest BCUT2D eigenvalue weighted by molar-refractivity contribution is -0.139. The second kappa shape index (κ2) is 9.50. The molecule has 1 saturated heterocycles. The van der Waals surface area contributed by atoms with E-state index in [1.807, 2.05) is 4.90 Å². The van der Waals surface area contributed by atoms with Gasteiger partial charge in [-0.15, -0.1) is 0 Å². The van der Waals surface area contributed by atoms with E-state index < -0.39 is 0 Å². The lowest BCUT2D eigenvalue weighted by Crippen LogP contribution is -2.48. The van der Waals surface area contributed by atoms with Crippen LogP contribution in [0.2, 0.25) is 0 Å². The number of nitrogens with one attached hydrogen (secondary N) is 1. The number of hydrogen-bond donors (Lipinski definition) is 1. The molecule has 0 saturated carbocycles.